The second-order valence-corrected chi connectivity index (χ2v) is 7.31. The first-order chi connectivity index (χ1) is 14.9. The number of aryl methyl sites for hydroxylation is 1. The maximum absolute atomic E-state index is 12.8. The Morgan fingerprint density at radius 2 is 1.71 bits per heavy atom. The van der Waals surface area contributed by atoms with Crippen LogP contribution in [-0.4, -0.2) is 17.7 Å². The van der Waals surface area contributed by atoms with Crippen molar-refractivity contribution in [3.05, 3.63) is 94.5 Å². The van der Waals surface area contributed by atoms with Crippen LogP contribution in [0, 0.1) is 6.92 Å². The molecule has 0 saturated heterocycles. The van der Waals surface area contributed by atoms with Crippen LogP contribution in [0.25, 0.3) is 0 Å². The predicted octanol–water partition coefficient (Wildman–Crippen LogP) is 3.95. The smallest absolute Gasteiger partial charge is 0.283 e. The lowest BCUT2D eigenvalue weighted by Crippen LogP contribution is -2.32. The number of benzene rings is 2. The summed E-state index contributed by atoms with van der Waals surface area (Å²) < 4.78 is 5.18. The van der Waals surface area contributed by atoms with E-state index in [1.165, 1.54) is 6.26 Å². The second kappa shape index (κ2) is 8.49. The van der Waals surface area contributed by atoms with Crippen molar-refractivity contribution in [1.82, 2.24) is 5.32 Å². The summed E-state index contributed by atoms with van der Waals surface area (Å²) in [6.45, 7) is 2.19. The third-order valence-corrected chi connectivity index (χ3v) is 5.09. The van der Waals surface area contributed by atoms with E-state index in [0.29, 0.717) is 22.7 Å². The van der Waals surface area contributed by atoms with Crippen LogP contribution < -0.4 is 15.5 Å². The summed E-state index contributed by atoms with van der Waals surface area (Å²) in [4.78, 5) is 38.6. The Hall–Kier alpha value is -3.84. The number of rotatable bonds is 6. The number of nitrogens with one attached hydrogen (secondary N) is 2. The molecule has 1 aliphatic heterocycles. The zero-order valence-corrected chi connectivity index (χ0v) is 17.3. The molecule has 7 nitrogen and oxygen atoms in total. The van der Waals surface area contributed by atoms with Crippen molar-refractivity contribution >= 4 is 40.7 Å². The number of nitrogens with zero attached hydrogens (tertiary/aromatic N) is 1. The number of amides is 3. The van der Waals surface area contributed by atoms with Gasteiger partial charge in [-0.25, -0.2) is 4.90 Å². The third kappa shape index (κ3) is 4.22. The molecule has 4 rings (SSSR count). The quantitative estimate of drug-likeness (QED) is 0.572. The van der Waals surface area contributed by atoms with E-state index in [1.54, 1.807) is 48.5 Å². The highest BCUT2D eigenvalue weighted by molar-refractivity contribution is 6.53. The van der Waals surface area contributed by atoms with E-state index in [4.69, 9.17) is 16.0 Å². The fourth-order valence-corrected chi connectivity index (χ4v) is 3.28. The van der Waals surface area contributed by atoms with Gasteiger partial charge in [0.15, 0.2) is 0 Å². The summed E-state index contributed by atoms with van der Waals surface area (Å²) in [5, 5.41) is 5.46. The molecule has 8 heteroatoms. The van der Waals surface area contributed by atoms with Gasteiger partial charge in [0, 0.05) is 11.3 Å². The van der Waals surface area contributed by atoms with Gasteiger partial charge in [0.25, 0.3) is 17.7 Å². The summed E-state index contributed by atoms with van der Waals surface area (Å²) in [6, 6.07) is 17.0. The molecule has 1 aromatic heterocycles. The number of carbonyl (C=O) groups excluding carboxylic acids is 3. The Morgan fingerprint density at radius 1 is 1.00 bits per heavy atom. The van der Waals surface area contributed by atoms with Crippen LogP contribution >= 0.6 is 11.6 Å². The third-order valence-electron chi connectivity index (χ3n) is 4.74. The molecule has 0 radical (unpaired) electrons. The van der Waals surface area contributed by atoms with Gasteiger partial charge in [0.2, 0.25) is 0 Å². The van der Waals surface area contributed by atoms with Crippen molar-refractivity contribution in [1.29, 1.82) is 0 Å². The predicted molar refractivity (Wildman–Crippen MR) is 116 cm³/mol. The molecule has 0 bridgehead atoms. The van der Waals surface area contributed by atoms with Gasteiger partial charge >= 0.3 is 0 Å². The van der Waals surface area contributed by atoms with Gasteiger partial charge in [0.05, 0.1) is 18.5 Å². The molecule has 3 aromatic rings. The lowest BCUT2D eigenvalue weighted by atomic mass is 10.2. The first kappa shape index (κ1) is 20.4. The van der Waals surface area contributed by atoms with Crippen LogP contribution in [0.15, 0.2) is 82.1 Å². The van der Waals surface area contributed by atoms with E-state index in [9.17, 15) is 14.4 Å². The minimum Gasteiger partial charge on any atom is -0.467 e. The van der Waals surface area contributed by atoms with E-state index in [2.05, 4.69) is 10.6 Å². The Labute approximate surface area is 183 Å². The molecule has 1 aliphatic rings. The monoisotopic (exact) mass is 435 g/mol. The Morgan fingerprint density at radius 3 is 2.35 bits per heavy atom. The van der Waals surface area contributed by atoms with Crippen molar-refractivity contribution in [3.8, 4) is 0 Å². The molecule has 2 heterocycles. The van der Waals surface area contributed by atoms with Gasteiger partial charge in [-0.15, -0.1) is 0 Å². The fraction of sp³-hybridized carbons (Fsp3) is 0.0870. The van der Waals surface area contributed by atoms with Gasteiger partial charge in [-0.05, 0) is 55.5 Å². The zero-order chi connectivity index (χ0) is 22.0. The molecule has 0 saturated carbocycles. The summed E-state index contributed by atoms with van der Waals surface area (Å²) in [6.07, 6.45) is 1.54. The first-order valence-electron chi connectivity index (χ1n) is 9.47. The highest BCUT2D eigenvalue weighted by atomic mass is 35.5. The van der Waals surface area contributed by atoms with E-state index in [0.717, 1.165) is 10.5 Å². The Bertz CT molecular complexity index is 1170. The molecule has 0 unspecified atom stereocenters. The first-order valence-corrected chi connectivity index (χ1v) is 9.85. The normalized spacial score (nSPS) is 13.7. The second-order valence-electron chi connectivity index (χ2n) is 6.93. The highest BCUT2D eigenvalue weighted by Crippen LogP contribution is 2.30. The maximum Gasteiger partial charge on any atom is 0.283 e. The van der Waals surface area contributed by atoms with Crippen LogP contribution in [-0.2, 0) is 16.1 Å². The van der Waals surface area contributed by atoms with Gasteiger partial charge < -0.3 is 15.1 Å². The molecule has 31 heavy (non-hydrogen) atoms. The minimum absolute atomic E-state index is 0.0118. The highest BCUT2D eigenvalue weighted by Gasteiger charge is 2.38. The van der Waals surface area contributed by atoms with Crippen molar-refractivity contribution in [3.63, 3.8) is 0 Å². The Kier molecular flexibility index (Phi) is 5.60. The average molecular weight is 436 g/mol. The van der Waals surface area contributed by atoms with Gasteiger partial charge in [0.1, 0.15) is 16.5 Å². The molecule has 0 fully saturated rings. The van der Waals surface area contributed by atoms with E-state index >= 15 is 0 Å². The van der Waals surface area contributed by atoms with Crippen molar-refractivity contribution < 1.29 is 18.8 Å². The summed E-state index contributed by atoms with van der Waals surface area (Å²) in [5.74, 6) is -0.750. The van der Waals surface area contributed by atoms with E-state index < -0.39 is 11.8 Å². The fourth-order valence-electron chi connectivity index (χ4n) is 3.07. The topological polar surface area (TPSA) is 91.7 Å². The number of furan rings is 1. The summed E-state index contributed by atoms with van der Waals surface area (Å²) >= 11 is 6.15. The maximum atomic E-state index is 12.8. The van der Waals surface area contributed by atoms with Gasteiger partial charge in [-0.2, -0.15) is 0 Å². The number of hydrogen-bond donors (Lipinski definition) is 2. The van der Waals surface area contributed by atoms with E-state index in [1.807, 2.05) is 19.1 Å². The molecular weight excluding hydrogens is 418 g/mol. The van der Waals surface area contributed by atoms with Crippen LogP contribution in [0.3, 0.4) is 0 Å². The molecule has 0 atom stereocenters. The van der Waals surface area contributed by atoms with E-state index in [-0.39, 0.29) is 23.2 Å². The summed E-state index contributed by atoms with van der Waals surface area (Å²) in [7, 11) is 0. The SMILES string of the molecule is Cc1ccc(N2C(=O)C(Cl)=C(Nc3ccc(C(=O)NCc4ccco4)cc3)C2=O)cc1. The summed E-state index contributed by atoms with van der Waals surface area (Å²) in [5.41, 5.74) is 2.39. The largest absolute Gasteiger partial charge is 0.467 e. The number of hydrogen-bond acceptors (Lipinski definition) is 5. The van der Waals surface area contributed by atoms with Gasteiger partial charge in [-0.1, -0.05) is 29.3 Å². The standard InChI is InChI=1S/C23H18ClN3O4/c1-14-4-10-17(11-5-14)27-22(29)19(24)20(23(27)30)26-16-8-6-15(7-9-16)21(28)25-13-18-3-2-12-31-18/h2-12,26H,13H2,1H3,(H,25,28). The molecular formula is C23H18ClN3O4. The van der Waals surface area contributed by atoms with Crippen molar-refractivity contribution in [2.75, 3.05) is 10.2 Å². The van der Waals surface area contributed by atoms with Crippen molar-refractivity contribution in [2.45, 2.75) is 13.5 Å². The number of carbonyl (C=O) groups is 3. The van der Waals surface area contributed by atoms with Crippen LogP contribution in [0.1, 0.15) is 21.7 Å². The minimum atomic E-state index is -0.591. The average Bonchev–Trinajstić information content (AvgIpc) is 3.37. The number of halogens is 1. The molecule has 0 aliphatic carbocycles. The molecule has 156 valence electrons. The molecule has 2 N–H and O–H groups in total. The van der Waals surface area contributed by atoms with Gasteiger partial charge in [-0.3, -0.25) is 14.4 Å². The molecule has 3 amide bonds. The molecule has 0 spiro atoms. The van der Waals surface area contributed by atoms with Crippen LogP contribution in [0.5, 0.6) is 0 Å². The van der Waals surface area contributed by atoms with Crippen molar-refractivity contribution in [2.24, 2.45) is 0 Å². The zero-order valence-electron chi connectivity index (χ0n) is 16.5. The molecule has 2 aromatic carbocycles. The van der Waals surface area contributed by atoms with Crippen LogP contribution in [0.2, 0.25) is 0 Å². The number of imide groups is 1. The number of anilines is 2. The Balaban J connectivity index is 1.44. The van der Waals surface area contributed by atoms with Crippen LogP contribution in [0.4, 0.5) is 11.4 Å². The lowest BCUT2D eigenvalue weighted by Gasteiger charge is -2.15. The lowest BCUT2D eigenvalue weighted by molar-refractivity contribution is -0.120.